The lowest BCUT2D eigenvalue weighted by Gasteiger charge is -2.29. The van der Waals surface area contributed by atoms with Crippen molar-refractivity contribution in [2.24, 2.45) is 4.99 Å². The van der Waals surface area contributed by atoms with Crippen molar-refractivity contribution >= 4 is 66.3 Å². The van der Waals surface area contributed by atoms with E-state index < -0.39 is 0 Å². The molecule has 6 heteroatoms. The first kappa shape index (κ1) is 30.7. The van der Waals surface area contributed by atoms with E-state index in [0.717, 1.165) is 89.8 Å². The van der Waals surface area contributed by atoms with Crippen LogP contribution >= 0.6 is 0 Å². The monoisotopic (exact) mass is 728 g/mol. The number of pyridine rings is 2. The molecular weight excluding hydrogens is 697 g/mol. The average molecular weight is 729 g/mol. The van der Waals surface area contributed by atoms with E-state index in [4.69, 9.17) is 15.0 Å². The lowest BCUT2D eigenvalue weighted by Crippen LogP contribution is -2.27. The number of aromatic nitrogens is 4. The summed E-state index contributed by atoms with van der Waals surface area (Å²) in [6.07, 6.45) is 14.4. The fraction of sp³-hybridized carbons (Fsp3) is 0.0392. The van der Waals surface area contributed by atoms with Crippen LogP contribution in [0.1, 0.15) is 23.1 Å². The molecule has 6 aromatic carbocycles. The lowest BCUT2D eigenvalue weighted by molar-refractivity contribution is 0.642. The molecule has 6 nitrogen and oxygen atoms in total. The van der Waals surface area contributed by atoms with Crippen LogP contribution in [0.5, 0.6) is 0 Å². The van der Waals surface area contributed by atoms with Gasteiger partial charge in [0.2, 0.25) is 0 Å². The summed E-state index contributed by atoms with van der Waals surface area (Å²) in [5.41, 5.74) is 16.5. The Hall–Kier alpha value is -7.57. The molecule has 10 aromatic rings. The molecule has 57 heavy (non-hydrogen) atoms. The molecule has 2 aliphatic heterocycles. The number of aliphatic imine (C=N–C) groups is 1. The molecule has 0 fully saturated rings. The van der Waals surface area contributed by atoms with Crippen molar-refractivity contribution in [2.45, 2.75) is 12.5 Å². The second-order valence-electron chi connectivity index (χ2n) is 15.2. The molecule has 0 amide bonds. The third kappa shape index (κ3) is 4.38. The molecule has 13 rings (SSSR count). The first-order valence-corrected chi connectivity index (χ1v) is 19.5. The van der Waals surface area contributed by atoms with Crippen molar-refractivity contribution in [1.82, 2.24) is 23.7 Å². The van der Waals surface area contributed by atoms with Gasteiger partial charge in [0, 0.05) is 57.3 Å². The molecule has 0 spiro atoms. The Balaban J connectivity index is 1.14. The van der Waals surface area contributed by atoms with Crippen LogP contribution in [-0.2, 0) is 0 Å². The highest BCUT2D eigenvalue weighted by Crippen LogP contribution is 2.44. The zero-order valence-corrected chi connectivity index (χ0v) is 30.7. The van der Waals surface area contributed by atoms with Gasteiger partial charge in [0.25, 0.3) is 0 Å². The van der Waals surface area contributed by atoms with Gasteiger partial charge in [-0.15, -0.1) is 0 Å². The summed E-state index contributed by atoms with van der Waals surface area (Å²) in [4.78, 5) is 17.8. The Bertz CT molecular complexity index is 3350. The minimum Gasteiger partial charge on any atom is -0.303 e. The summed E-state index contributed by atoms with van der Waals surface area (Å²) in [5, 5.41) is 4.58. The second-order valence-corrected chi connectivity index (χ2v) is 15.2. The SMILES string of the molecule is C1=CCC2N=C3c4ccccc4C(c4cc(-c5cn6c7ccccc7nc6c6ccccc56)cc(-c5cn6c7ccccc7nc6c6ccccc56)c4)=CN3C2=C1. The van der Waals surface area contributed by atoms with Crippen LogP contribution < -0.4 is 0 Å². The summed E-state index contributed by atoms with van der Waals surface area (Å²) in [7, 11) is 0. The molecule has 1 aliphatic carbocycles. The van der Waals surface area contributed by atoms with Gasteiger partial charge in [-0.05, 0) is 88.0 Å². The van der Waals surface area contributed by atoms with E-state index in [2.05, 4.69) is 190 Å². The largest absolute Gasteiger partial charge is 0.303 e. The van der Waals surface area contributed by atoms with E-state index in [1.54, 1.807) is 0 Å². The highest BCUT2D eigenvalue weighted by molar-refractivity contribution is 6.12. The topological polar surface area (TPSA) is 50.2 Å². The minimum atomic E-state index is 0.127. The Morgan fingerprint density at radius 2 is 1.04 bits per heavy atom. The quantitative estimate of drug-likeness (QED) is 0.182. The zero-order valence-electron chi connectivity index (χ0n) is 30.7. The van der Waals surface area contributed by atoms with Crippen LogP contribution in [0.15, 0.2) is 187 Å². The van der Waals surface area contributed by atoms with Crippen LogP contribution in [0, 0.1) is 0 Å². The predicted molar refractivity (Wildman–Crippen MR) is 232 cm³/mol. The molecule has 1 unspecified atom stereocenters. The van der Waals surface area contributed by atoms with E-state index >= 15 is 0 Å². The number of benzene rings is 6. The molecule has 0 saturated carbocycles. The van der Waals surface area contributed by atoms with E-state index in [-0.39, 0.29) is 6.04 Å². The molecular formula is C51H32N6. The Kier molecular flexibility index (Phi) is 6.19. The maximum atomic E-state index is 5.26. The standard InChI is InChI=1S/C51H32N6/c1-4-16-37-34(13-1)40(28-55-46-22-10-7-19-43(46)52-49(37)55)31-25-32(41-29-56-47-23-11-8-20-44(47)53-50(56)38-17-5-2-14-35(38)41)27-33(26-31)42-30-57-48-24-12-9-21-45(48)54-51(57)39-18-6-3-15-36(39)42/h1-20,22-30,45H,21H2. The van der Waals surface area contributed by atoms with E-state index in [9.17, 15) is 0 Å². The van der Waals surface area contributed by atoms with Gasteiger partial charge in [-0.25, -0.2) is 9.97 Å². The molecule has 1 atom stereocenters. The van der Waals surface area contributed by atoms with Crippen molar-refractivity contribution in [1.29, 1.82) is 0 Å². The predicted octanol–water partition coefficient (Wildman–Crippen LogP) is 11.6. The maximum absolute atomic E-state index is 5.26. The minimum absolute atomic E-state index is 0.127. The average Bonchev–Trinajstić information content (AvgIpc) is 3.97. The molecule has 4 aromatic heterocycles. The van der Waals surface area contributed by atoms with Crippen LogP contribution in [-0.4, -0.2) is 35.5 Å². The summed E-state index contributed by atoms with van der Waals surface area (Å²) in [6, 6.07) is 50.2. The maximum Gasteiger partial charge on any atom is 0.145 e. The number of nitrogens with zero attached hydrogens (tertiary/aromatic N) is 6. The third-order valence-corrected chi connectivity index (χ3v) is 12.1. The smallest absolute Gasteiger partial charge is 0.145 e. The zero-order chi connectivity index (χ0) is 37.2. The van der Waals surface area contributed by atoms with E-state index in [1.165, 1.54) is 27.6 Å². The van der Waals surface area contributed by atoms with Gasteiger partial charge >= 0.3 is 0 Å². The molecule has 3 aliphatic rings. The Morgan fingerprint density at radius 1 is 0.509 bits per heavy atom. The number of imidazole rings is 2. The summed E-state index contributed by atoms with van der Waals surface area (Å²) >= 11 is 0. The van der Waals surface area contributed by atoms with Gasteiger partial charge in [-0.1, -0.05) is 109 Å². The highest BCUT2D eigenvalue weighted by atomic mass is 15.3. The summed E-state index contributed by atoms with van der Waals surface area (Å²) < 4.78 is 4.54. The third-order valence-electron chi connectivity index (χ3n) is 12.1. The summed E-state index contributed by atoms with van der Waals surface area (Å²) in [6.45, 7) is 0. The van der Waals surface area contributed by atoms with Crippen molar-refractivity contribution in [3.8, 4) is 22.3 Å². The first-order chi connectivity index (χ1) is 28.2. The van der Waals surface area contributed by atoms with Gasteiger partial charge in [0.05, 0.1) is 28.1 Å². The number of hydrogen-bond acceptors (Lipinski definition) is 4. The lowest BCUT2D eigenvalue weighted by atomic mass is 9.86. The number of amidine groups is 1. The summed E-state index contributed by atoms with van der Waals surface area (Å²) in [5.74, 6) is 1.03. The van der Waals surface area contributed by atoms with Crippen molar-refractivity contribution in [3.05, 3.63) is 199 Å². The number of para-hydroxylation sites is 4. The van der Waals surface area contributed by atoms with Gasteiger partial charge in [0.15, 0.2) is 0 Å². The second kappa shape index (κ2) is 11.5. The molecule has 6 heterocycles. The van der Waals surface area contributed by atoms with Crippen LogP contribution in [0.25, 0.3) is 82.7 Å². The fourth-order valence-corrected chi connectivity index (χ4v) is 9.48. The van der Waals surface area contributed by atoms with Gasteiger partial charge in [-0.3, -0.25) is 13.8 Å². The number of fused-ring (bicyclic) bond motifs is 15. The van der Waals surface area contributed by atoms with Crippen LogP contribution in [0.3, 0.4) is 0 Å². The van der Waals surface area contributed by atoms with Gasteiger partial charge in [-0.2, -0.15) is 0 Å². The van der Waals surface area contributed by atoms with Crippen LogP contribution in [0.2, 0.25) is 0 Å². The Morgan fingerprint density at radius 3 is 1.67 bits per heavy atom. The van der Waals surface area contributed by atoms with Crippen LogP contribution in [0.4, 0.5) is 0 Å². The van der Waals surface area contributed by atoms with Crippen molar-refractivity contribution in [2.75, 3.05) is 0 Å². The number of hydrogen-bond donors (Lipinski definition) is 0. The molecule has 0 N–H and O–H groups in total. The van der Waals surface area contributed by atoms with E-state index in [0.29, 0.717) is 0 Å². The normalized spacial score (nSPS) is 16.0. The first-order valence-electron chi connectivity index (χ1n) is 19.5. The Labute approximate surface area is 327 Å². The highest BCUT2D eigenvalue weighted by Gasteiger charge is 2.35. The van der Waals surface area contributed by atoms with E-state index in [1.807, 2.05) is 0 Å². The van der Waals surface area contributed by atoms with Crippen molar-refractivity contribution < 1.29 is 0 Å². The van der Waals surface area contributed by atoms with Gasteiger partial charge < -0.3 is 4.90 Å². The molecule has 0 bridgehead atoms. The fourth-order valence-electron chi connectivity index (χ4n) is 9.48. The number of rotatable bonds is 3. The number of allylic oxidation sites excluding steroid dienone is 2. The van der Waals surface area contributed by atoms with Crippen molar-refractivity contribution in [3.63, 3.8) is 0 Å². The molecule has 0 saturated heterocycles. The molecule has 266 valence electrons. The van der Waals surface area contributed by atoms with Gasteiger partial charge in [0.1, 0.15) is 17.1 Å². The molecule has 0 radical (unpaired) electrons.